The molecule has 1 aromatic heterocycles. The van der Waals surface area contributed by atoms with Crippen LogP contribution < -0.4 is 5.73 Å². The molecule has 6 N–H and O–H groups in total. The molecule has 0 unspecified atom stereocenters. The van der Waals surface area contributed by atoms with Gasteiger partial charge in [0.15, 0.2) is 28.1 Å². The summed E-state index contributed by atoms with van der Waals surface area (Å²) in [7, 11) is 0. The first kappa shape index (κ1) is 36.8. The fourth-order valence-electron chi connectivity index (χ4n) is 6.98. The highest BCUT2D eigenvalue weighted by molar-refractivity contribution is 8.00. The van der Waals surface area contributed by atoms with E-state index in [-0.39, 0.29) is 58.1 Å². The molecule has 4 aliphatic rings. The number of nitrogens with two attached hydrogens (primary N) is 1. The number of quaternary nitrogens is 1. The van der Waals surface area contributed by atoms with E-state index in [2.05, 4.69) is 10.1 Å². The zero-order valence-corrected chi connectivity index (χ0v) is 30.0. The Morgan fingerprint density at radius 2 is 1.69 bits per heavy atom. The average Bonchev–Trinajstić information content (AvgIpc) is 3.78. The summed E-state index contributed by atoms with van der Waals surface area (Å²) in [6, 6.07) is 2.13. The number of Topliss-reactive ketones (excluding diaryl/α,β-unsaturated/α-hetero) is 1. The van der Waals surface area contributed by atoms with Gasteiger partial charge in [0.2, 0.25) is 11.5 Å². The number of carbonyl (C=O) groups is 6. The number of aromatic hydroxyl groups is 2. The number of amides is 3. The molecular formula is C33H37N6O11S2+. The largest absolute Gasteiger partial charge is 0.504 e. The fraction of sp³-hybridized carbons (Fsp3) is 0.455. The lowest BCUT2D eigenvalue weighted by Gasteiger charge is -2.51. The van der Waals surface area contributed by atoms with Crippen molar-refractivity contribution in [2.45, 2.75) is 56.3 Å². The van der Waals surface area contributed by atoms with Crippen molar-refractivity contribution in [3.05, 3.63) is 45.6 Å². The summed E-state index contributed by atoms with van der Waals surface area (Å²) >= 11 is 2.37. The number of imide groups is 1. The van der Waals surface area contributed by atoms with Crippen molar-refractivity contribution < 1.29 is 58.5 Å². The Kier molecular flexibility index (Phi) is 9.56. The minimum atomic E-state index is -1.78. The Hall–Kier alpha value is -5.01. The smallest absolute Gasteiger partial charge is 0.352 e. The molecule has 19 heteroatoms. The number of carboxylic acid groups (broad SMARTS) is 2. The first-order valence-corrected chi connectivity index (χ1v) is 18.2. The first-order valence-electron chi connectivity index (χ1n) is 16.4. The normalized spacial score (nSPS) is 22.7. The minimum absolute atomic E-state index is 0.0115. The van der Waals surface area contributed by atoms with E-state index in [1.807, 2.05) is 6.92 Å². The summed E-state index contributed by atoms with van der Waals surface area (Å²) in [5.41, 5.74) is 4.05. The van der Waals surface area contributed by atoms with E-state index in [9.17, 15) is 49.2 Å². The summed E-state index contributed by atoms with van der Waals surface area (Å²) < 4.78 is 0.374. The van der Waals surface area contributed by atoms with Crippen LogP contribution in [0.15, 0.2) is 33.9 Å². The van der Waals surface area contributed by atoms with Crippen LogP contribution in [0, 0.1) is 5.92 Å². The van der Waals surface area contributed by atoms with Crippen LogP contribution in [0.1, 0.15) is 66.4 Å². The molecule has 3 amide bonds. The predicted molar refractivity (Wildman–Crippen MR) is 185 cm³/mol. The summed E-state index contributed by atoms with van der Waals surface area (Å²) in [5, 5.41) is 44.0. The Balaban J connectivity index is 1.21. The lowest BCUT2D eigenvalue weighted by Crippen LogP contribution is -2.63. The number of benzene rings is 1. The number of ketones is 1. The topological polar surface area (TPSA) is 250 Å². The number of hydrogen-bond donors (Lipinski definition) is 5. The Labute approximate surface area is 304 Å². The molecule has 6 rings (SSSR count). The Bertz CT molecular complexity index is 1930. The molecule has 3 atom stereocenters. The number of likely N-dealkylation sites (tertiary alicyclic amines) is 1. The van der Waals surface area contributed by atoms with Crippen molar-refractivity contribution in [3.63, 3.8) is 0 Å². The summed E-state index contributed by atoms with van der Waals surface area (Å²) in [6.45, 7) is 6.22. The van der Waals surface area contributed by atoms with Gasteiger partial charge in [0.25, 0.3) is 11.8 Å². The van der Waals surface area contributed by atoms with Gasteiger partial charge in [-0.15, -0.1) is 23.1 Å². The molecule has 1 aromatic carbocycles. The van der Waals surface area contributed by atoms with Crippen LogP contribution in [0.5, 0.6) is 11.5 Å². The average molecular weight is 758 g/mol. The lowest BCUT2D eigenvalue weighted by molar-refractivity contribution is -0.911. The second-order valence-electron chi connectivity index (χ2n) is 13.7. The van der Waals surface area contributed by atoms with Gasteiger partial charge in [-0.05, 0) is 32.9 Å². The number of carboxylic acids is 2. The van der Waals surface area contributed by atoms with Crippen LogP contribution >= 0.6 is 23.1 Å². The summed E-state index contributed by atoms with van der Waals surface area (Å²) in [4.78, 5) is 89.5. The molecule has 0 bridgehead atoms. The SMILES string of the molecule is C[C@@H]1S[C@@H]2[C@H](CC(=O)/C(=N\OC(C)(C)C(=O)O)c3csc(N)n3)C(=O)N2C(C(=O)O)=C1C[N+]1(CCN2C(=O)c3cc(O)c(O)cc3C2=O)CCCC1. The Morgan fingerprint density at radius 1 is 1.08 bits per heavy atom. The van der Waals surface area contributed by atoms with E-state index in [1.165, 1.54) is 35.9 Å². The summed E-state index contributed by atoms with van der Waals surface area (Å²) in [6.07, 6.45) is 1.29. The third kappa shape index (κ3) is 6.47. The van der Waals surface area contributed by atoms with Gasteiger partial charge in [0, 0.05) is 35.5 Å². The Morgan fingerprint density at radius 3 is 2.23 bits per heavy atom. The number of nitrogen functional groups attached to an aromatic ring is 1. The molecule has 17 nitrogen and oxygen atoms in total. The van der Waals surface area contributed by atoms with Crippen molar-refractivity contribution in [2.24, 2.45) is 11.1 Å². The maximum absolute atomic E-state index is 13.7. The number of aromatic nitrogens is 1. The number of anilines is 1. The quantitative estimate of drug-likeness (QED) is 0.0489. The van der Waals surface area contributed by atoms with E-state index in [1.54, 1.807) is 0 Å². The first-order chi connectivity index (χ1) is 24.4. The van der Waals surface area contributed by atoms with Crippen LogP contribution in [0.4, 0.5) is 5.13 Å². The van der Waals surface area contributed by atoms with E-state index >= 15 is 0 Å². The van der Waals surface area contributed by atoms with Crippen molar-refractivity contribution in [2.75, 3.05) is 38.5 Å². The molecule has 0 saturated carbocycles. The molecule has 2 aromatic rings. The number of β-lactam (4-membered cyclic amide) rings is 1. The molecule has 2 fully saturated rings. The van der Waals surface area contributed by atoms with E-state index in [4.69, 9.17) is 10.6 Å². The van der Waals surface area contributed by atoms with Gasteiger partial charge in [0.1, 0.15) is 17.9 Å². The highest BCUT2D eigenvalue weighted by atomic mass is 32.2. The number of carbonyl (C=O) groups excluding carboxylic acids is 4. The van der Waals surface area contributed by atoms with Gasteiger partial charge in [-0.2, -0.15) is 0 Å². The van der Waals surface area contributed by atoms with Crippen molar-refractivity contribution in [3.8, 4) is 11.5 Å². The van der Waals surface area contributed by atoms with Crippen molar-refractivity contribution in [1.29, 1.82) is 0 Å². The number of nitrogens with zero attached hydrogens (tertiary/aromatic N) is 5. The fourth-order valence-corrected chi connectivity index (χ4v) is 9.03. The number of thioether (sulfide) groups is 1. The lowest BCUT2D eigenvalue weighted by atomic mass is 9.88. The van der Waals surface area contributed by atoms with E-state index < -0.39 is 63.8 Å². The number of fused-ring (bicyclic) bond motifs is 2. The van der Waals surface area contributed by atoms with Gasteiger partial charge in [-0.1, -0.05) is 5.16 Å². The standard InChI is InChI=1S/C33H36N6O11S2/c1-15-19(13-39(7-4-5-8-39)9-6-37-26(43)16-10-21(40)22(41)11-17(16)27(37)44)25(30(46)47)38-28(45)18(29(38)52-15)12-23(42)24(20-14-51-32(34)35-20)36-50-33(2,3)31(48)49/h10-11,14-15,18,29H,4-9,12-13H2,1-3H3,(H5-,34,35,36,40,41,42,43,44,46,47,48,49)/p+1/t15-,18+,29+/m0/s1. The molecule has 5 heterocycles. The third-order valence-electron chi connectivity index (χ3n) is 9.93. The second-order valence-corrected chi connectivity index (χ2v) is 16.1. The maximum Gasteiger partial charge on any atom is 0.352 e. The maximum atomic E-state index is 13.7. The highest BCUT2D eigenvalue weighted by Gasteiger charge is 2.56. The van der Waals surface area contributed by atoms with Crippen LogP contribution in [0.3, 0.4) is 0 Å². The van der Waals surface area contributed by atoms with Gasteiger partial charge >= 0.3 is 11.9 Å². The van der Waals surface area contributed by atoms with Crippen molar-refractivity contribution in [1.82, 2.24) is 14.8 Å². The highest BCUT2D eigenvalue weighted by Crippen LogP contribution is 2.49. The van der Waals surface area contributed by atoms with Gasteiger partial charge in [0.05, 0.1) is 48.6 Å². The van der Waals surface area contributed by atoms with Gasteiger partial charge < -0.3 is 35.5 Å². The van der Waals surface area contributed by atoms with Crippen LogP contribution in [-0.2, 0) is 24.0 Å². The third-order valence-corrected chi connectivity index (χ3v) is 12.1. The van der Waals surface area contributed by atoms with Crippen LogP contribution in [0.2, 0.25) is 0 Å². The number of rotatable bonds is 13. The zero-order chi connectivity index (χ0) is 37.9. The van der Waals surface area contributed by atoms with Crippen LogP contribution in [-0.4, -0.2) is 130 Å². The second kappa shape index (κ2) is 13.5. The number of hydrogen-bond acceptors (Lipinski definition) is 14. The monoisotopic (exact) mass is 757 g/mol. The number of thiazole rings is 1. The molecular weight excluding hydrogens is 721 g/mol. The molecule has 4 aliphatic heterocycles. The molecule has 2 saturated heterocycles. The number of phenols is 2. The zero-order valence-electron chi connectivity index (χ0n) is 28.4. The molecule has 52 heavy (non-hydrogen) atoms. The number of aliphatic carboxylic acids is 2. The number of oxime groups is 1. The molecule has 0 aliphatic carbocycles. The predicted octanol–water partition coefficient (Wildman–Crippen LogP) is 1.84. The molecule has 0 radical (unpaired) electrons. The van der Waals surface area contributed by atoms with E-state index in [0.29, 0.717) is 29.7 Å². The molecule has 276 valence electrons. The van der Waals surface area contributed by atoms with Crippen molar-refractivity contribution >= 4 is 69.4 Å². The molecule has 0 spiro atoms. The van der Waals surface area contributed by atoms with Gasteiger partial charge in [-0.25, -0.2) is 14.6 Å². The minimum Gasteiger partial charge on any atom is -0.504 e. The van der Waals surface area contributed by atoms with E-state index in [0.717, 1.165) is 41.2 Å². The van der Waals surface area contributed by atoms with Crippen LogP contribution in [0.25, 0.3) is 0 Å². The van der Waals surface area contributed by atoms with Gasteiger partial charge in [-0.3, -0.25) is 29.0 Å². The number of phenolic OH excluding ortho intramolecular Hbond substituents is 2. The summed E-state index contributed by atoms with van der Waals surface area (Å²) in [5.74, 6) is -6.99.